The van der Waals surface area contributed by atoms with E-state index in [1.54, 1.807) is 23.1 Å². The van der Waals surface area contributed by atoms with Gasteiger partial charge in [0.15, 0.2) is 0 Å². The van der Waals surface area contributed by atoms with Crippen LogP contribution in [0.5, 0.6) is 0 Å². The lowest BCUT2D eigenvalue weighted by molar-refractivity contribution is -0.124. The molecule has 1 aromatic carbocycles. The van der Waals surface area contributed by atoms with Crippen molar-refractivity contribution in [3.63, 3.8) is 0 Å². The van der Waals surface area contributed by atoms with Gasteiger partial charge in [-0.25, -0.2) is 13.6 Å². The number of rotatable bonds is 12. The summed E-state index contributed by atoms with van der Waals surface area (Å²) in [4.78, 5) is 30.0. The molecule has 2 N–H and O–H groups in total. The summed E-state index contributed by atoms with van der Waals surface area (Å²) in [5.41, 5.74) is -1.01. The van der Waals surface area contributed by atoms with Crippen LogP contribution in [0.15, 0.2) is 30.3 Å². The van der Waals surface area contributed by atoms with Gasteiger partial charge in [-0.3, -0.25) is 4.79 Å². The van der Waals surface area contributed by atoms with Gasteiger partial charge in [0.1, 0.15) is 11.6 Å². The van der Waals surface area contributed by atoms with Crippen molar-refractivity contribution in [3.8, 4) is 6.07 Å². The fourth-order valence-corrected chi connectivity index (χ4v) is 4.95. The van der Waals surface area contributed by atoms with Crippen LogP contribution in [0.4, 0.5) is 13.6 Å². The molecule has 1 heterocycles. The number of likely N-dealkylation sites (tertiary alicyclic amines) is 1. The molecule has 1 aromatic rings. The number of nitrogens with zero attached hydrogens (tertiary/aromatic N) is 3. The van der Waals surface area contributed by atoms with Crippen molar-refractivity contribution in [2.45, 2.75) is 81.8 Å². The highest BCUT2D eigenvalue weighted by molar-refractivity contribution is 5.88. The molecule has 1 aliphatic heterocycles. The molecule has 3 fully saturated rings. The summed E-state index contributed by atoms with van der Waals surface area (Å²) in [5, 5.41) is 14.7. The predicted octanol–water partition coefficient (Wildman–Crippen LogP) is 4.01. The van der Waals surface area contributed by atoms with E-state index >= 15 is 0 Å². The Morgan fingerprint density at radius 2 is 1.92 bits per heavy atom. The maximum atomic E-state index is 14.8. The number of benzene rings is 1. The van der Waals surface area contributed by atoms with Crippen molar-refractivity contribution >= 4 is 11.9 Å². The van der Waals surface area contributed by atoms with Gasteiger partial charge in [-0.2, -0.15) is 5.26 Å². The molecular weight excluding hydrogens is 464 g/mol. The van der Waals surface area contributed by atoms with Gasteiger partial charge in [-0.05, 0) is 58.5 Å². The van der Waals surface area contributed by atoms with Gasteiger partial charge >= 0.3 is 6.03 Å². The third-order valence-corrected chi connectivity index (χ3v) is 8.14. The summed E-state index contributed by atoms with van der Waals surface area (Å²) in [6, 6.07) is 8.68. The number of hydrogen-bond acceptors (Lipinski definition) is 4. The van der Waals surface area contributed by atoms with Gasteiger partial charge in [0, 0.05) is 36.5 Å². The summed E-state index contributed by atoms with van der Waals surface area (Å²) >= 11 is 0. The van der Waals surface area contributed by atoms with E-state index in [9.17, 15) is 23.6 Å². The lowest BCUT2D eigenvalue weighted by Gasteiger charge is -2.50. The van der Waals surface area contributed by atoms with Crippen LogP contribution in [0, 0.1) is 16.7 Å². The number of nitriles is 1. The Balaban J connectivity index is 1.35. The molecular formula is C27H37F2N5O2. The van der Waals surface area contributed by atoms with E-state index in [1.807, 2.05) is 0 Å². The molecule has 1 atom stereocenters. The van der Waals surface area contributed by atoms with Gasteiger partial charge in [-0.15, -0.1) is 0 Å². The molecule has 0 aromatic heterocycles. The van der Waals surface area contributed by atoms with E-state index in [0.717, 1.165) is 19.4 Å². The Morgan fingerprint density at radius 1 is 1.25 bits per heavy atom. The molecule has 9 heteroatoms. The first kappa shape index (κ1) is 26.3. The zero-order chi connectivity index (χ0) is 26.0. The molecule has 3 aliphatic rings. The van der Waals surface area contributed by atoms with Crippen molar-refractivity contribution in [1.82, 2.24) is 20.4 Å². The van der Waals surface area contributed by atoms with Gasteiger partial charge in [0.25, 0.3) is 5.92 Å². The Bertz CT molecular complexity index is 982. The molecule has 0 unspecified atom stereocenters. The second kappa shape index (κ2) is 10.3. The van der Waals surface area contributed by atoms with E-state index in [4.69, 9.17) is 0 Å². The standard InChI is InChI=1S/C27H37F2N5O2/c1-3-25(15-16-33(2)21-9-10-21)18-34(19-25)24(36)31-22(23(35)32-26(17-30)13-14-26)11-12-27(28,29)20-7-5-4-6-8-20/h4-8,21-22H,3,9-16,18-19H2,1-2H3,(H,31,36)(H,32,35)/t22-/m0/s1. The maximum Gasteiger partial charge on any atom is 0.318 e. The van der Waals surface area contributed by atoms with Gasteiger partial charge < -0.3 is 20.4 Å². The van der Waals surface area contributed by atoms with Crippen LogP contribution in [0.1, 0.15) is 63.9 Å². The fourth-order valence-electron chi connectivity index (χ4n) is 4.95. The smallest absolute Gasteiger partial charge is 0.318 e. The van der Waals surface area contributed by atoms with E-state index in [1.165, 1.54) is 25.0 Å². The van der Waals surface area contributed by atoms with Crippen molar-refractivity contribution in [3.05, 3.63) is 35.9 Å². The zero-order valence-electron chi connectivity index (χ0n) is 21.2. The van der Waals surface area contributed by atoms with Crippen molar-refractivity contribution in [1.29, 1.82) is 5.26 Å². The van der Waals surface area contributed by atoms with E-state index in [-0.39, 0.29) is 17.4 Å². The largest absolute Gasteiger partial charge is 0.336 e. The van der Waals surface area contributed by atoms with Crippen molar-refractivity contribution in [2.24, 2.45) is 5.41 Å². The number of carbonyl (C=O) groups is 2. The molecule has 7 nitrogen and oxygen atoms in total. The molecule has 1 saturated heterocycles. The highest BCUT2D eigenvalue weighted by atomic mass is 19.3. The van der Waals surface area contributed by atoms with Crippen molar-refractivity contribution < 1.29 is 18.4 Å². The summed E-state index contributed by atoms with van der Waals surface area (Å²) < 4.78 is 29.6. The van der Waals surface area contributed by atoms with Gasteiger partial charge in [-0.1, -0.05) is 37.3 Å². The molecule has 0 bridgehead atoms. The van der Waals surface area contributed by atoms with E-state index in [2.05, 4.69) is 35.6 Å². The summed E-state index contributed by atoms with van der Waals surface area (Å²) in [6.07, 6.45) is 4.67. The lowest BCUT2D eigenvalue weighted by atomic mass is 9.74. The van der Waals surface area contributed by atoms with Crippen molar-refractivity contribution in [2.75, 3.05) is 26.7 Å². The number of halogens is 2. The zero-order valence-corrected chi connectivity index (χ0v) is 21.2. The maximum absolute atomic E-state index is 14.8. The molecule has 0 radical (unpaired) electrons. The Labute approximate surface area is 212 Å². The topological polar surface area (TPSA) is 88.5 Å². The summed E-state index contributed by atoms with van der Waals surface area (Å²) in [7, 11) is 2.15. The molecule has 2 aliphatic carbocycles. The predicted molar refractivity (Wildman–Crippen MR) is 132 cm³/mol. The Kier molecular flexibility index (Phi) is 7.56. The minimum atomic E-state index is -3.14. The number of carbonyl (C=O) groups excluding carboxylic acids is 2. The van der Waals surface area contributed by atoms with Crippen LogP contribution in [0.2, 0.25) is 0 Å². The Hall–Kier alpha value is -2.73. The second-order valence-electron chi connectivity index (χ2n) is 11.0. The number of hydrogen-bond donors (Lipinski definition) is 2. The van der Waals surface area contributed by atoms with Crippen LogP contribution in [0.3, 0.4) is 0 Å². The number of urea groups is 1. The average Bonchev–Trinajstić information content (AvgIpc) is 3.77. The third kappa shape index (κ3) is 6.15. The summed E-state index contributed by atoms with van der Waals surface area (Å²) in [5.74, 6) is -3.72. The number of alkyl halides is 2. The summed E-state index contributed by atoms with van der Waals surface area (Å²) in [6.45, 7) is 4.30. The second-order valence-corrected chi connectivity index (χ2v) is 11.0. The highest BCUT2D eigenvalue weighted by Gasteiger charge is 2.47. The van der Waals surface area contributed by atoms with Crippen LogP contribution < -0.4 is 10.6 Å². The van der Waals surface area contributed by atoms with Crippen LogP contribution in [-0.4, -0.2) is 66.0 Å². The van der Waals surface area contributed by atoms with Crippen LogP contribution in [0.25, 0.3) is 0 Å². The minimum Gasteiger partial charge on any atom is -0.336 e. The quantitative estimate of drug-likeness (QED) is 0.453. The number of nitrogens with one attached hydrogen (secondary N) is 2. The number of amides is 3. The van der Waals surface area contributed by atoms with Crippen LogP contribution >= 0.6 is 0 Å². The Morgan fingerprint density at radius 3 is 2.47 bits per heavy atom. The minimum absolute atomic E-state index is 0.0530. The van der Waals surface area contributed by atoms with Gasteiger partial charge in [0.05, 0.1) is 6.07 Å². The molecule has 4 rings (SSSR count). The third-order valence-electron chi connectivity index (χ3n) is 8.14. The van der Waals surface area contributed by atoms with Gasteiger partial charge in [0.2, 0.25) is 5.91 Å². The average molecular weight is 502 g/mol. The molecule has 0 spiro atoms. The molecule has 196 valence electrons. The molecule has 2 saturated carbocycles. The monoisotopic (exact) mass is 501 g/mol. The lowest BCUT2D eigenvalue weighted by Crippen LogP contribution is -2.63. The van der Waals surface area contributed by atoms with E-state index < -0.39 is 35.9 Å². The molecule has 3 amide bonds. The molecule has 36 heavy (non-hydrogen) atoms. The normalized spacial score (nSPS) is 20.7. The van der Waals surface area contributed by atoms with E-state index in [0.29, 0.717) is 32.0 Å². The first-order valence-electron chi connectivity index (χ1n) is 13.0. The first-order chi connectivity index (χ1) is 17.1. The van der Waals surface area contributed by atoms with Crippen LogP contribution in [-0.2, 0) is 10.7 Å². The fraction of sp³-hybridized carbons (Fsp3) is 0.667. The SMILES string of the molecule is CCC1(CCN(C)C2CC2)CN(C(=O)N[C@@H](CCC(F)(F)c2ccccc2)C(=O)NC2(C#N)CC2)C1. The highest BCUT2D eigenvalue weighted by Crippen LogP contribution is 2.39. The first-order valence-corrected chi connectivity index (χ1v) is 13.0.